The average molecular weight is 395 g/mol. The normalized spacial score (nSPS) is 11.2. The number of halogens is 1. The van der Waals surface area contributed by atoms with Crippen molar-refractivity contribution in [1.82, 2.24) is 5.43 Å². The smallest absolute Gasteiger partial charge is 0.277 e. The van der Waals surface area contributed by atoms with E-state index in [1.807, 2.05) is 31.2 Å². The topological polar surface area (TPSA) is 50.7 Å². The Morgan fingerprint density at radius 2 is 2.17 bits per heavy atom. The van der Waals surface area contributed by atoms with Crippen molar-refractivity contribution in [1.29, 1.82) is 0 Å². The summed E-state index contributed by atoms with van der Waals surface area (Å²) in [5, 5.41) is 3.92. The first kappa shape index (κ1) is 17.7. The largest absolute Gasteiger partial charge is 0.483 e. The van der Waals surface area contributed by atoms with Crippen LogP contribution in [0.2, 0.25) is 0 Å². The Balaban J connectivity index is 1.87. The summed E-state index contributed by atoms with van der Waals surface area (Å²) in [6.07, 6.45) is 1.61. The number of carbonyl (C=O) groups is 1. The third kappa shape index (κ3) is 5.48. The molecule has 122 valence electrons. The van der Waals surface area contributed by atoms with E-state index in [4.69, 9.17) is 4.74 Å². The van der Waals surface area contributed by atoms with Gasteiger partial charge in [0.05, 0.1) is 10.0 Å². The summed E-state index contributed by atoms with van der Waals surface area (Å²) in [7, 11) is 0. The Hall–Kier alpha value is -1.66. The van der Waals surface area contributed by atoms with Gasteiger partial charge in [-0.25, -0.2) is 5.43 Å². The zero-order valence-electron chi connectivity index (χ0n) is 13.3. The highest BCUT2D eigenvalue weighted by Gasteiger charge is 2.07. The van der Waals surface area contributed by atoms with Gasteiger partial charge in [-0.3, -0.25) is 4.79 Å². The van der Waals surface area contributed by atoms with Gasteiger partial charge in [0, 0.05) is 4.88 Å². The predicted octanol–water partition coefficient (Wildman–Crippen LogP) is 4.47. The van der Waals surface area contributed by atoms with Gasteiger partial charge in [0.15, 0.2) is 6.61 Å². The van der Waals surface area contributed by atoms with Gasteiger partial charge in [0.1, 0.15) is 5.75 Å². The molecule has 0 atom stereocenters. The Kier molecular flexibility index (Phi) is 6.36. The van der Waals surface area contributed by atoms with E-state index in [9.17, 15) is 4.79 Å². The lowest BCUT2D eigenvalue weighted by Crippen LogP contribution is -2.24. The molecule has 2 aromatic rings. The molecule has 0 bridgehead atoms. The number of hydrazone groups is 1. The van der Waals surface area contributed by atoms with E-state index in [2.05, 4.69) is 46.4 Å². The molecular weight excluding hydrogens is 376 g/mol. The second-order valence-corrected chi connectivity index (χ2v) is 7.90. The number of benzene rings is 1. The van der Waals surface area contributed by atoms with Crippen LogP contribution in [-0.2, 0) is 4.79 Å². The van der Waals surface area contributed by atoms with Crippen LogP contribution in [0.15, 0.2) is 39.2 Å². The summed E-state index contributed by atoms with van der Waals surface area (Å²) in [5.74, 6) is 0.866. The molecule has 1 N–H and O–H groups in total. The highest BCUT2D eigenvalue weighted by Crippen LogP contribution is 2.24. The van der Waals surface area contributed by atoms with Crippen LogP contribution in [0.1, 0.15) is 35.8 Å². The third-order valence-electron chi connectivity index (χ3n) is 3.21. The Bertz CT molecular complexity index is 710. The standard InChI is InChI=1S/C17H19BrN2O2S/c1-11(2)13-5-4-12(3)15(8-13)22-10-17(21)20-19-9-14-6-7-16(18)23-14/h4-9,11H,10H2,1-3H3,(H,20,21)/b19-9+. The highest BCUT2D eigenvalue weighted by molar-refractivity contribution is 9.11. The lowest BCUT2D eigenvalue weighted by Gasteiger charge is -2.12. The molecule has 1 aromatic heterocycles. The molecule has 1 aromatic carbocycles. The fraction of sp³-hybridized carbons (Fsp3) is 0.294. The number of thiophene rings is 1. The van der Waals surface area contributed by atoms with Crippen LogP contribution in [-0.4, -0.2) is 18.7 Å². The van der Waals surface area contributed by atoms with Crippen molar-refractivity contribution >= 4 is 39.4 Å². The fourth-order valence-electron chi connectivity index (χ4n) is 1.87. The number of hydrogen-bond donors (Lipinski definition) is 1. The van der Waals surface area contributed by atoms with Crippen molar-refractivity contribution < 1.29 is 9.53 Å². The van der Waals surface area contributed by atoms with Gasteiger partial charge in [-0.15, -0.1) is 11.3 Å². The van der Waals surface area contributed by atoms with Gasteiger partial charge in [0.2, 0.25) is 0 Å². The predicted molar refractivity (Wildman–Crippen MR) is 98.5 cm³/mol. The molecule has 23 heavy (non-hydrogen) atoms. The van der Waals surface area contributed by atoms with E-state index in [0.29, 0.717) is 5.92 Å². The van der Waals surface area contributed by atoms with E-state index in [1.165, 1.54) is 5.56 Å². The first-order valence-corrected chi connectivity index (χ1v) is 8.87. The van der Waals surface area contributed by atoms with Gasteiger partial charge in [-0.2, -0.15) is 5.10 Å². The van der Waals surface area contributed by atoms with Crippen LogP contribution < -0.4 is 10.2 Å². The maximum absolute atomic E-state index is 11.8. The number of aryl methyl sites for hydroxylation is 1. The lowest BCUT2D eigenvalue weighted by atomic mass is 10.0. The van der Waals surface area contributed by atoms with Crippen molar-refractivity contribution in [3.8, 4) is 5.75 Å². The molecule has 1 heterocycles. The fourth-order valence-corrected chi connectivity index (χ4v) is 3.17. The second-order valence-electron chi connectivity index (χ2n) is 5.40. The molecule has 0 saturated heterocycles. The Labute approximate surface area is 148 Å². The van der Waals surface area contributed by atoms with E-state index >= 15 is 0 Å². The summed E-state index contributed by atoms with van der Waals surface area (Å²) in [6.45, 7) is 6.15. The maximum atomic E-state index is 11.8. The van der Waals surface area contributed by atoms with Gasteiger partial charge in [0.25, 0.3) is 5.91 Å². The molecule has 0 spiro atoms. The van der Waals surface area contributed by atoms with Gasteiger partial charge >= 0.3 is 0 Å². The zero-order valence-corrected chi connectivity index (χ0v) is 15.7. The van der Waals surface area contributed by atoms with Crippen molar-refractivity contribution in [2.45, 2.75) is 26.7 Å². The number of rotatable bonds is 6. The van der Waals surface area contributed by atoms with Crippen LogP contribution in [0.25, 0.3) is 0 Å². The Morgan fingerprint density at radius 1 is 1.39 bits per heavy atom. The molecule has 0 saturated carbocycles. The molecule has 0 radical (unpaired) electrons. The molecule has 0 fully saturated rings. The van der Waals surface area contributed by atoms with E-state index in [0.717, 1.165) is 20.0 Å². The van der Waals surface area contributed by atoms with E-state index in [-0.39, 0.29) is 12.5 Å². The highest BCUT2D eigenvalue weighted by atomic mass is 79.9. The molecule has 0 aliphatic heterocycles. The average Bonchev–Trinajstić information content (AvgIpc) is 2.91. The molecule has 0 aliphatic carbocycles. The van der Waals surface area contributed by atoms with Crippen LogP contribution in [0.3, 0.4) is 0 Å². The minimum Gasteiger partial charge on any atom is -0.483 e. The lowest BCUT2D eigenvalue weighted by molar-refractivity contribution is -0.123. The molecule has 2 rings (SSSR count). The number of carbonyl (C=O) groups excluding carboxylic acids is 1. The number of amides is 1. The monoisotopic (exact) mass is 394 g/mol. The first-order valence-electron chi connectivity index (χ1n) is 7.26. The summed E-state index contributed by atoms with van der Waals surface area (Å²) >= 11 is 4.92. The number of nitrogens with zero attached hydrogens (tertiary/aromatic N) is 1. The molecule has 1 amide bonds. The number of hydrogen-bond acceptors (Lipinski definition) is 4. The van der Waals surface area contributed by atoms with Crippen LogP contribution in [0.5, 0.6) is 5.75 Å². The van der Waals surface area contributed by atoms with Crippen LogP contribution in [0.4, 0.5) is 0 Å². The SMILES string of the molecule is Cc1ccc(C(C)C)cc1OCC(=O)N/N=C/c1ccc(Br)s1. The molecule has 6 heteroatoms. The van der Waals surface area contributed by atoms with Crippen molar-refractivity contribution in [3.05, 3.63) is 50.1 Å². The van der Waals surface area contributed by atoms with E-state index < -0.39 is 0 Å². The van der Waals surface area contributed by atoms with Gasteiger partial charge < -0.3 is 4.74 Å². The summed E-state index contributed by atoms with van der Waals surface area (Å²) in [4.78, 5) is 12.7. The summed E-state index contributed by atoms with van der Waals surface area (Å²) in [6, 6.07) is 9.93. The van der Waals surface area contributed by atoms with Crippen molar-refractivity contribution in [2.75, 3.05) is 6.61 Å². The van der Waals surface area contributed by atoms with E-state index in [1.54, 1.807) is 17.6 Å². The second kappa shape index (κ2) is 8.26. The minimum atomic E-state index is -0.286. The molecule has 0 unspecified atom stereocenters. The quantitative estimate of drug-likeness (QED) is 0.580. The van der Waals surface area contributed by atoms with Crippen LogP contribution in [0, 0.1) is 6.92 Å². The molecule has 0 aliphatic rings. The zero-order chi connectivity index (χ0) is 16.8. The third-order valence-corrected chi connectivity index (χ3v) is 4.77. The Morgan fingerprint density at radius 3 is 2.83 bits per heavy atom. The number of nitrogens with one attached hydrogen (secondary N) is 1. The number of ether oxygens (including phenoxy) is 1. The minimum absolute atomic E-state index is 0.0616. The van der Waals surface area contributed by atoms with Crippen molar-refractivity contribution in [3.63, 3.8) is 0 Å². The van der Waals surface area contributed by atoms with Crippen LogP contribution >= 0.6 is 27.3 Å². The first-order chi connectivity index (χ1) is 11.0. The van der Waals surface area contributed by atoms with Gasteiger partial charge in [-0.1, -0.05) is 26.0 Å². The summed E-state index contributed by atoms with van der Waals surface area (Å²) < 4.78 is 6.63. The van der Waals surface area contributed by atoms with Gasteiger partial charge in [-0.05, 0) is 58.1 Å². The summed E-state index contributed by atoms with van der Waals surface area (Å²) in [5.41, 5.74) is 4.66. The maximum Gasteiger partial charge on any atom is 0.277 e. The molecule has 4 nitrogen and oxygen atoms in total. The molecular formula is C17H19BrN2O2S. The van der Waals surface area contributed by atoms with Crippen molar-refractivity contribution in [2.24, 2.45) is 5.10 Å².